The van der Waals surface area contributed by atoms with Crippen LogP contribution in [0.25, 0.3) is 0 Å². The van der Waals surface area contributed by atoms with Gasteiger partial charge in [0.25, 0.3) is 0 Å². The van der Waals surface area contributed by atoms with Gasteiger partial charge in [-0.05, 0) is 56.2 Å². The monoisotopic (exact) mass is 491 g/mol. The molecule has 4 rings (SSSR count). The summed E-state index contributed by atoms with van der Waals surface area (Å²) in [4.78, 5) is 31.2. The number of nitrogens with one attached hydrogen (secondary N) is 1. The second-order valence-electron chi connectivity index (χ2n) is 10.2. The summed E-state index contributed by atoms with van der Waals surface area (Å²) in [5.74, 6) is -0.00903. The SMILES string of the molecule is CCCN1C(=O)C(COCc2ccccc2)NC(=O)C12CCN(CCCCCc1ccccc1)CC2. The molecule has 2 saturated heterocycles. The van der Waals surface area contributed by atoms with Crippen molar-refractivity contribution in [2.24, 2.45) is 0 Å². The Morgan fingerprint density at radius 1 is 0.889 bits per heavy atom. The van der Waals surface area contributed by atoms with Crippen LogP contribution in [-0.2, 0) is 27.4 Å². The van der Waals surface area contributed by atoms with Crippen molar-refractivity contribution in [1.29, 1.82) is 0 Å². The van der Waals surface area contributed by atoms with Crippen LogP contribution < -0.4 is 5.32 Å². The zero-order chi connectivity index (χ0) is 25.2. The van der Waals surface area contributed by atoms with Crippen LogP contribution in [0.1, 0.15) is 56.6 Å². The molecule has 1 spiro atoms. The molecule has 0 aromatic heterocycles. The van der Waals surface area contributed by atoms with Gasteiger partial charge in [-0.1, -0.05) is 74.0 Å². The van der Waals surface area contributed by atoms with E-state index in [1.54, 1.807) is 0 Å². The zero-order valence-electron chi connectivity index (χ0n) is 21.7. The lowest BCUT2D eigenvalue weighted by Gasteiger charge is -2.51. The van der Waals surface area contributed by atoms with Crippen LogP contribution in [0.5, 0.6) is 0 Å². The first-order valence-electron chi connectivity index (χ1n) is 13.6. The lowest BCUT2D eigenvalue weighted by atomic mass is 9.81. The van der Waals surface area contributed by atoms with E-state index in [4.69, 9.17) is 4.74 Å². The highest BCUT2D eigenvalue weighted by atomic mass is 16.5. The molecule has 0 radical (unpaired) electrons. The molecule has 194 valence electrons. The third-order valence-electron chi connectivity index (χ3n) is 7.62. The number of nitrogens with zero attached hydrogens (tertiary/aromatic N) is 2. The number of likely N-dealkylation sites (tertiary alicyclic amines) is 1. The molecule has 2 aromatic carbocycles. The fourth-order valence-corrected chi connectivity index (χ4v) is 5.54. The van der Waals surface area contributed by atoms with Gasteiger partial charge in [-0.2, -0.15) is 0 Å². The first-order chi connectivity index (χ1) is 17.6. The lowest BCUT2D eigenvalue weighted by Crippen LogP contribution is -2.73. The number of rotatable bonds is 12. The summed E-state index contributed by atoms with van der Waals surface area (Å²) in [6.07, 6.45) is 6.96. The molecule has 1 unspecified atom stereocenters. The average Bonchev–Trinajstić information content (AvgIpc) is 2.91. The normalized spacial score (nSPS) is 20.0. The van der Waals surface area contributed by atoms with E-state index in [0.29, 0.717) is 26.0 Å². The highest BCUT2D eigenvalue weighted by Crippen LogP contribution is 2.33. The molecule has 2 amide bonds. The van der Waals surface area contributed by atoms with Crippen molar-refractivity contribution in [1.82, 2.24) is 15.1 Å². The Hall–Kier alpha value is -2.70. The second-order valence-corrected chi connectivity index (χ2v) is 10.2. The van der Waals surface area contributed by atoms with E-state index in [1.807, 2.05) is 35.2 Å². The highest BCUT2D eigenvalue weighted by Gasteiger charge is 2.53. The van der Waals surface area contributed by atoms with Crippen LogP contribution in [0, 0.1) is 0 Å². The van der Waals surface area contributed by atoms with E-state index >= 15 is 0 Å². The standard InChI is InChI=1S/C30H41N3O3/c1-2-19-33-28(34)27(24-36-23-26-15-8-4-9-16-26)31-29(35)30(33)17-21-32(22-18-30)20-11-5-10-14-25-12-6-3-7-13-25/h3-4,6-9,12-13,15-16,27H,2,5,10-11,14,17-24H2,1H3,(H,31,35). The van der Waals surface area contributed by atoms with Gasteiger partial charge in [-0.15, -0.1) is 0 Å². The number of ether oxygens (including phenoxy) is 1. The Morgan fingerprint density at radius 3 is 2.22 bits per heavy atom. The molecular weight excluding hydrogens is 450 g/mol. The summed E-state index contributed by atoms with van der Waals surface area (Å²) in [6.45, 7) is 6.08. The molecule has 0 bridgehead atoms. The predicted molar refractivity (Wildman–Crippen MR) is 142 cm³/mol. The number of unbranched alkanes of at least 4 members (excludes halogenated alkanes) is 2. The molecule has 6 heteroatoms. The fourth-order valence-electron chi connectivity index (χ4n) is 5.54. The van der Waals surface area contributed by atoms with Gasteiger partial charge in [-0.3, -0.25) is 9.59 Å². The summed E-state index contributed by atoms with van der Waals surface area (Å²) in [7, 11) is 0. The van der Waals surface area contributed by atoms with Crippen molar-refractivity contribution < 1.29 is 14.3 Å². The quantitative estimate of drug-likeness (QED) is 0.453. The van der Waals surface area contributed by atoms with Crippen LogP contribution in [0.15, 0.2) is 60.7 Å². The van der Waals surface area contributed by atoms with Crippen LogP contribution in [0.4, 0.5) is 0 Å². The zero-order valence-corrected chi connectivity index (χ0v) is 21.7. The number of benzene rings is 2. The molecule has 6 nitrogen and oxygen atoms in total. The van der Waals surface area contributed by atoms with Gasteiger partial charge in [-0.25, -0.2) is 0 Å². The van der Waals surface area contributed by atoms with Gasteiger partial charge in [0, 0.05) is 19.6 Å². The van der Waals surface area contributed by atoms with Crippen molar-refractivity contribution in [2.45, 2.75) is 70.1 Å². The maximum absolute atomic E-state index is 13.4. The molecule has 0 saturated carbocycles. The van der Waals surface area contributed by atoms with Gasteiger partial charge in [0.1, 0.15) is 11.6 Å². The molecule has 2 heterocycles. The van der Waals surface area contributed by atoms with Crippen LogP contribution in [-0.4, -0.2) is 66.0 Å². The topological polar surface area (TPSA) is 61.9 Å². The third kappa shape index (κ3) is 6.54. The third-order valence-corrected chi connectivity index (χ3v) is 7.62. The number of carbonyl (C=O) groups is 2. The summed E-state index contributed by atoms with van der Waals surface area (Å²) in [6, 6.07) is 20.0. The Balaban J connectivity index is 1.25. The Labute approximate surface area is 216 Å². The average molecular weight is 492 g/mol. The summed E-state index contributed by atoms with van der Waals surface area (Å²) in [5.41, 5.74) is 1.75. The molecule has 1 N–H and O–H groups in total. The van der Waals surface area contributed by atoms with Gasteiger partial charge in [0.2, 0.25) is 11.8 Å². The number of hydrogen-bond acceptors (Lipinski definition) is 4. The van der Waals surface area contributed by atoms with E-state index in [9.17, 15) is 9.59 Å². The van der Waals surface area contributed by atoms with E-state index in [2.05, 4.69) is 47.5 Å². The van der Waals surface area contributed by atoms with Crippen molar-refractivity contribution in [3.63, 3.8) is 0 Å². The number of aryl methyl sites for hydroxylation is 1. The van der Waals surface area contributed by atoms with Crippen LogP contribution >= 0.6 is 0 Å². The number of piperidine rings is 1. The Morgan fingerprint density at radius 2 is 1.56 bits per heavy atom. The Kier molecular flexibility index (Phi) is 9.54. The lowest BCUT2D eigenvalue weighted by molar-refractivity contribution is -0.163. The molecule has 2 fully saturated rings. The maximum atomic E-state index is 13.4. The maximum Gasteiger partial charge on any atom is 0.248 e. The highest BCUT2D eigenvalue weighted by molar-refractivity contribution is 6.00. The van der Waals surface area contributed by atoms with E-state index in [0.717, 1.165) is 38.0 Å². The molecular formula is C30H41N3O3. The van der Waals surface area contributed by atoms with Gasteiger partial charge in [0.15, 0.2) is 0 Å². The Bertz CT molecular complexity index is 958. The minimum atomic E-state index is -0.715. The number of carbonyl (C=O) groups excluding carboxylic acids is 2. The van der Waals surface area contributed by atoms with E-state index in [1.165, 1.54) is 24.8 Å². The minimum absolute atomic E-state index is 0.00104. The first-order valence-corrected chi connectivity index (χ1v) is 13.6. The van der Waals surface area contributed by atoms with Gasteiger partial charge >= 0.3 is 0 Å². The molecule has 2 aliphatic heterocycles. The van der Waals surface area contributed by atoms with Crippen LogP contribution in [0.2, 0.25) is 0 Å². The summed E-state index contributed by atoms with van der Waals surface area (Å²) >= 11 is 0. The second kappa shape index (κ2) is 13.0. The fraction of sp³-hybridized carbons (Fsp3) is 0.533. The van der Waals surface area contributed by atoms with E-state index in [-0.39, 0.29) is 18.4 Å². The van der Waals surface area contributed by atoms with E-state index < -0.39 is 11.6 Å². The minimum Gasteiger partial charge on any atom is -0.374 e. The van der Waals surface area contributed by atoms with Crippen molar-refractivity contribution >= 4 is 11.8 Å². The van der Waals surface area contributed by atoms with Crippen molar-refractivity contribution in [3.05, 3.63) is 71.8 Å². The number of hydrogen-bond donors (Lipinski definition) is 1. The van der Waals surface area contributed by atoms with Crippen LogP contribution in [0.3, 0.4) is 0 Å². The molecule has 36 heavy (non-hydrogen) atoms. The summed E-state index contributed by atoms with van der Waals surface area (Å²) < 4.78 is 5.82. The molecule has 1 atom stereocenters. The number of piperazine rings is 1. The van der Waals surface area contributed by atoms with Gasteiger partial charge in [0.05, 0.1) is 13.2 Å². The largest absolute Gasteiger partial charge is 0.374 e. The van der Waals surface area contributed by atoms with Crippen molar-refractivity contribution in [2.75, 3.05) is 32.8 Å². The van der Waals surface area contributed by atoms with Gasteiger partial charge < -0.3 is 19.9 Å². The molecule has 2 aromatic rings. The predicted octanol–water partition coefficient (Wildman–Crippen LogP) is 4.19. The summed E-state index contributed by atoms with van der Waals surface area (Å²) in [5, 5.41) is 3.02. The first kappa shape index (κ1) is 26.4. The van der Waals surface area contributed by atoms with Crippen molar-refractivity contribution in [3.8, 4) is 0 Å². The number of amides is 2. The molecule has 2 aliphatic rings. The smallest absolute Gasteiger partial charge is 0.248 e. The molecule has 0 aliphatic carbocycles.